The molecule has 0 saturated heterocycles. The zero-order chi connectivity index (χ0) is 13.1. The Kier molecular flexibility index (Phi) is 4.34. The normalized spacial score (nSPS) is 15.6. The van der Waals surface area contributed by atoms with Gasteiger partial charge in [-0.05, 0) is 30.0 Å². The number of benzene rings is 1. The molecule has 0 heterocycles. The van der Waals surface area contributed by atoms with Crippen LogP contribution in [0.5, 0.6) is 0 Å². The van der Waals surface area contributed by atoms with E-state index in [2.05, 4.69) is 38.2 Å². The minimum Gasteiger partial charge on any atom is -0.384 e. The standard InChI is InChI=1S/C15H25NO/c1-6-15(17,11-16-5)13-9-7-12(8-10-13)14(2,3)4/h7-10,16-17H,6,11H2,1-5H3. The second-order valence-electron chi connectivity index (χ2n) is 5.74. The molecule has 0 radical (unpaired) electrons. The molecule has 0 saturated carbocycles. The number of rotatable bonds is 4. The SMILES string of the molecule is CCC(O)(CNC)c1ccc(C(C)(C)C)cc1. The lowest BCUT2D eigenvalue weighted by Gasteiger charge is -2.28. The van der Waals surface area contributed by atoms with E-state index in [0.29, 0.717) is 13.0 Å². The summed E-state index contributed by atoms with van der Waals surface area (Å²) in [6, 6.07) is 8.32. The molecule has 0 bridgehead atoms. The fourth-order valence-electron chi connectivity index (χ4n) is 2.00. The van der Waals surface area contributed by atoms with Gasteiger partial charge in [0.2, 0.25) is 0 Å². The Bertz CT molecular complexity index is 350. The number of hydrogen-bond donors (Lipinski definition) is 2. The van der Waals surface area contributed by atoms with Gasteiger partial charge in [-0.25, -0.2) is 0 Å². The highest BCUT2D eigenvalue weighted by atomic mass is 16.3. The van der Waals surface area contributed by atoms with Crippen molar-refractivity contribution in [3.63, 3.8) is 0 Å². The van der Waals surface area contributed by atoms with Crippen LogP contribution in [0.2, 0.25) is 0 Å². The average molecular weight is 235 g/mol. The zero-order valence-corrected chi connectivity index (χ0v) is 11.7. The molecule has 1 unspecified atom stereocenters. The van der Waals surface area contributed by atoms with Gasteiger partial charge in [-0.3, -0.25) is 0 Å². The summed E-state index contributed by atoms with van der Waals surface area (Å²) in [6.45, 7) is 9.18. The average Bonchev–Trinajstić information content (AvgIpc) is 2.28. The van der Waals surface area contributed by atoms with Gasteiger partial charge in [0.1, 0.15) is 5.60 Å². The molecule has 0 aliphatic rings. The molecule has 1 atom stereocenters. The first kappa shape index (κ1) is 14.2. The van der Waals surface area contributed by atoms with Crippen LogP contribution in [0.25, 0.3) is 0 Å². The Morgan fingerprint density at radius 1 is 1.06 bits per heavy atom. The summed E-state index contributed by atoms with van der Waals surface area (Å²) in [5.74, 6) is 0. The molecule has 1 rings (SSSR count). The minimum atomic E-state index is -0.759. The molecular weight excluding hydrogens is 210 g/mol. The van der Waals surface area contributed by atoms with Crippen LogP contribution in [0, 0.1) is 0 Å². The summed E-state index contributed by atoms with van der Waals surface area (Å²) in [5, 5.41) is 13.6. The fraction of sp³-hybridized carbons (Fsp3) is 0.600. The molecule has 0 aliphatic carbocycles. The summed E-state index contributed by atoms with van der Waals surface area (Å²) < 4.78 is 0. The van der Waals surface area contributed by atoms with Gasteiger partial charge in [-0.15, -0.1) is 0 Å². The molecule has 2 nitrogen and oxygen atoms in total. The van der Waals surface area contributed by atoms with Crippen molar-refractivity contribution >= 4 is 0 Å². The maximum atomic E-state index is 10.5. The topological polar surface area (TPSA) is 32.3 Å². The van der Waals surface area contributed by atoms with E-state index in [-0.39, 0.29) is 5.41 Å². The minimum absolute atomic E-state index is 0.159. The highest BCUT2D eigenvalue weighted by molar-refractivity contribution is 5.31. The van der Waals surface area contributed by atoms with Crippen molar-refractivity contribution in [1.82, 2.24) is 5.32 Å². The van der Waals surface area contributed by atoms with Crippen molar-refractivity contribution in [2.24, 2.45) is 0 Å². The van der Waals surface area contributed by atoms with Crippen LogP contribution >= 0.6 is 0 Å². The van der Waals surface area contributed by atoms with E-state index in [4.69, 9.17) is 0 Å². The van der Waals surface area contributed by atoms with Gasteiger partial charge in [0.15, 0.2) is 0 Å². The first-order chi connectivity index (χ1) is 7.83. The lowest BCUT2D eigenvalue weighted by atomic mass is 9.84. The fourth-order valence-corrected chi connectivity index (χ4v) is 2.00. The predicted molar refractivity (Wildman–Crippen MR) is 73.3 cm³/mol. The van der Waals surface area contributed by atoms with Crippen molar-refractivity contribution in [2.45, 2.75) is 45.1 Å². The lowest BCUT2D eigenvalue weighted by molar-refractivity contribution is 0.0346. The summed E-state index contributed by atoms with van der Waals surface area (Å²) in [7, 11) is 1.87. The Hall–Kier alpha value is -0.860. The number of likely N-dealkylation sites (N-methyl/N-ethyl adjacent to an activating group) is 1. The molecule has 0 spiro atoms. The lowest BCUT2D eigenvalue weighted by Crippen LogP contribution is -2.36. The van der Waals surface area contributed by atoms with E-state index in [1.54, 1.807) is 0 Å². The Balaban J connectivity index is 3.01. The van der Waals surface area contributed by atoms with Crippen LogP contribution in [0.4, 0.5) is 0 Å². The molecule has 1 aromatic rings. The Morgan fingerprint density at radius 2 is 1.53 bits per heavy atom. The second-order valence-corrected chi connectivity index (χ2v) is 5.74. The number of aliphatic hydroxyl groups is 1. The molecule has 2 N–H and O–H groups in total. The van der Waals surface area contributed by atoms with Gasteiger partial charge in [-0.1, -0.05) is 52.0 Å². The van der Waals surface area contributed by atoms with Crippen molar-refractivity contribution in [3.05, 3.63) is 35.4 Å². The molecule has 17 heavy (non-hydrogen) atoms. The van der Waals surface area contributed by atoms with Gasteiger partial charge in [0.25, 0.3) is 0 Å². The summed E-state index contributed by atoms with van der Waals surface area (Å²) in [5.41, 5.74) is 1.68. The number of hydrogen-bond acceptors (Lipinski definition) is 2. The van der Waals surface area contributed by atoms with Crippen molar-refractivity contribution in [2.75, 3.05) is 13.6 Å². The van der Waals surface area contributed by atoms with E-state index in [1.807, 2.05) is 26.1 Å². The van der Waals surface area contributed by atoms with Crippen molar-refractivity contribution in [1.29, 1.82) is 0 Å². The zero-order valence-electron chi connectivity index (χ0n) is 11.7. The van der Waals surface area contributed by atoms with E-state index in [1.165, 1.54) is 5.56 Å². The first-order valence-corrected chi connectivity index (χ1v) is 6.31. The molecule has 0 aliphatic heterocycles. The molecule has 0 aromatic heterocycles. The van der Waals surface area contributed by atoms with E-state index >= 15 is 0 Å². The highest BCUT2D eigenvalue weighted by Crippen LogP contribution is 2.28. The first-order valence-electron chi connectivity index (χ1n) is 6.31. The van der Waals surface area contributed by atoms with Gasteiger partial charge in [0, 0.05) is 6.54 Å². The monoisotopic (exact) mass is 235 g/mol. The van der Waals surface area contributed by atoms with Crippen molar-refractivity contribution < 1.29 is 5.11 Å². The van der Waals surface area contributed by atoms with Crippen LogP contribution in [-0.4, -0.2) is 18.7 Å². The third-order valence-electron chi connectivity index (χ3n) is 3.34. The molecule has 1 aromatic carbocycles. The summed E-state index contributed by atoms with van der Waals surface area (Å²) in [4.78, 5) is 0. The molecular formula is C15H25NO. The van der Waals surface area contributed by atoms with Gasteiger partial charge in [-0.2, -0.15) is 0 Å². The largest absolute Gasteiger partial charge is 0.384 e. The summed E-state index contributed by atoms with van der Waals surface area (Å²) in [6.07, 6.45) is 0.711. The van der Waals surface area contributed by atoms with Crippen molar-refractivity contribution in [3.8, 4) is 0 Å². The second kappa shape index (κ2) is 5.19. The molecule has 96 valence electrons. The maximum absolute atomic E-state index is 10.5. The third kappa shape index (κ3) is 3.30. The molecule has 0 amide bonds. The van der Waals surface area contributed by atoms with Gasteiger partial charge in [0.05, 0.1) is 0 Å². The molecule has 2 heteroatoms. The van der Waals surface area contributed by atoms with E-state index in [0.717, 1.165) is 5.56 Å². The van der Waals surface area contributed by atoms with Gasteiger partial charge < -0.3 is 10.4 Å². The third-order valence-corrected chi connectivity index (χ3v) is 3.34. The van der Waals surface area contributed by atoms with Crippen LogP contribution in [0.3, 0.4) is 0 Å². The van der Waals surface area contributed by atoms with Crippen LogP contribution in [0.1, 0.15) is 45.2 Å². The predicted octanol–water partition coefficient (Wildman–Crippen LogP) is 2.80. The Morgan fingerprint density at radius 3 is 1.88 bits per heavy atom. The van der Waals surface area contributed by atoms with Crippen LogP contribution < -0.4 is 5.32 Å². The quantitative estimate of drug-likeness (QED) is 0.841. The van der Waals surface area contributed by atoms with Crippen LogP contribution in [0.15, 0.2) is 24.3 Å². The highest BCUT2D eigenvalue weighted by Gasteiger charge is 2.26. The summed E-state index contributed by atoms with van der Waals surface area (Å²) >= 11 is 0. The number of nitrogens with one attached hydrogen (secondary N) is 1. The van der Waals surface area contributed by atoms with Crippen LogP contribution in [-0.2, 0) is 11.0 Å². The Labute approximate surface area is 105 Å². The van der Waals surface area contributed by atoms with E-state index < -0.39 is 5.60 Å². The molecule has 0 fully saturated rings. The maximum Gasteiger partial charge on any atom is 0.102 e. The van der Waals surface area contributed by atoms with Gasteiger partial charge >= 0.3 is 0 Å². The smallest absolute Gasteiger partial charge is 0.102 e. The van der Waals surface area contributed by atoms with E-state index in [9.17, 15) is 5.11 Å².